The molecule has 0 radical (unpaired) electrons. The van der Waals surface area contributed by atoms with Gasteiger partial charge in [0.25, 0.3) is 0 Å². The lowest BCUT2D eigenvalue weighted by Crippen LogP contribution is -2.05. The third-order valence-corrected chi connectivity index (χ3v) is 1.89. The third-order valence-electron chi connectivity index (χ3n) is 1.89. The van der Waals surface area contributed by atoms with Gasteiger partial charge in [-0.15, -0.1) is 0 Å². The summed E-state index contributed by atoms with van der Waals surface area (Å²) in [5.41, 5.74) is 3.28. The Labute approximate surface area is 66.0 Å². The van der Waals surface area contributed by atoms with Gasteiger partial charge in [0.05, 0.1) is 6.42 Å². The number of fused-ring (bicyclic) bond motifs is 1. The van der Waals surface area contributed by atoms with E-state index in [1.54, 1.807) is 0 Å². The molecule has 0 unspecified atom stereocenters. The van der Waals surface area contributed by atoms with Crippen molar-refractivity contribution in [3.05, 3.63) is 23.8 Å². The average Bonchev–Trinajstić information content (AvgIpc) is 2.27. The van der Waals surface area contributed by atoms with E-state index in [2.05, 4.69) is 5.32 Å². The fourth-order valence-electron chi connectivity index (χ4n) is 1.33. The SMILES string of the molecule is Bc1ccc2c(c1)NC(=O)C2. The molecule has 0 aromatic heterocycles. The van der Waals surface area contributed by atoms with Crippen molar-refractivity contribution < 1.29 is 4.79 Å². The molecule has 1 amide bonds. The highest BCUT2D eigenvalue weighted by Gasteiger charge is 2.16. The molecular weight excluding hydrogens is 137 g/mol. The van der Waals surface area contributed by atoms with Crippen molar-refractivity contribution in [1.29, 1.82) is 0 Å². The van der Waals surface area contributed by atoms with Crippen LogP contribution in [0.15, 0.2) is 18.2 Å². The molecule has 1 aliphatic heterocycles. The predicted octanol–water partition coefficient (Wildman–Crippen LogP) is -0.560. The maximum Gasteiger partial charge on any atom is 0.228 e. The van der Waals surface area contributed by atoms with Crippen molar-refractivity contribution in [3.8, 4) is 0 Å². The van der Waals surface area contributed by atoms with Crippen LogP contribution < -0.4 is 10.8 Å². The molecule has 1 aliphatic rings. The van der Waals surface area contributed by atoms with Gasteiger partial charge in [-0.25, -0.2) is 0 Å². The Kier molecular flexibility index (Phi) is 1.25. The summed E-state index contributed by atoms with van der Waals surface area (Å²) in [5, 5.41) is 2.80. The summed E-state index contributed by atoms with van der Waals surface area (Å²) < 4.78 is 0. The van der Waals surface area contributed by atoms with E-state index in [0.29, 0.717) is 6.42 Å². The quantitative estimate of drug-likeness (QED) is 0.487. The molecule has 1 aromatic carbocycles. The van der Waals surface area contributed by atoms with E-state index in [0.717, 1.165) is 11.3 Å². The van der Waals surface area contributed by atoms with Crippen LogP contribution in [0.25, 0.3) is 0 Å². The molecule has 1 aromatic rings. The molecule has 11 heavy (non-hydrogen) atoms. The van der Waals surface area contributed by atoms with Gasteiger partial charge in [0.1, 0.15) is 7.85 Å². The number of hydrogen-bond donors (Lipinski definition) is 1. The highest BCUT2D eigenvalue weighted by atomic mass is 16.1. The van der Waals surface area contributed by atoms with Crippen LogP contribution in [0.3, 0.4) is 0 Å². The van der Waals surface area contributed by atoms with Crippen LogP contribution in [0.2, 0.25) is 0 Å². The molecule has 0 fully saturated rings. The van der Waals surface area contributed by atoms with Gasteiger partial charge < -0.3 is 5.32 Å². The summed E-state index contributed by atoms with van der Waals surface area (Å²) in [6.07, 6.45) is 0.537. The molecule has 54 valence electrons. The second-order valence-corrected chi connectivity index (χ2v) is 2.89. The summed E-state index contributed by atoms with van der Waals surface area (Å²) in [4.78, 5) is 10.9. The number of amides is 1. The number of carbonyl (C=O) groups is 1. The maximum atomic E-state index is 10.9. The minimum absolute atomic E-state index is 0.102. The normalized spacial score (nSPS) is 14.4. The molecule has 0 saturated heterocycles. The minimum atomic E-state index is 0.102. The number of benzene rings is 1. The second-order valence-electron chi connectivity index (χ2n) is 2.89. The van der Waals surface area contributed by atoms with Crippen LogP contribution in [0.5, 0.6) is 0 Å². The topological polar surface area (TPSA) is 29.1 Å². The predicted molar refractivity (Wildman–Crippen MR) is 47.0 cm³/mol. The Hall–Kier alpha value is -1.25. The molecule has 2 rings (SSSR count). The number of rotatable bonds is 0. The molecule has 0 aliphatic carbocycles. The molecule has 3 heteroatoms. The van der Waals surface area contributed by atoms with Crippen LogP contribution in [-0.2, 0) is 11.2 Å². The maximum absolute atomic E-state index is 10.9. The average molecular weight is 145 g/mol. The van der Waals surface area contributed by atoms with Gasteiger partial charge in [0.15, 0.2) is 0 Å². The summed E-state index contributed by atoms with van der Waals surface area (Å²) in [6, 6.07) is 6.03. The summed E-state index contributed by atoms with van der Waals surface area (Å²) in [6.45, 7) is 0. The van der Waals surface area contributed by atoms with Crippen LogP contribution in [0.1, 0.15) is 5.56 Å². The third kappa shape index (κ3) is 1.02. The molecule has 0 saturated carbocycles. The number of anilines is 1. The van der Waals surface area contributed by atoms with E-state index >= 15 is 0 Å². The molecule has 1 heterocycles. The fourth-order valence-corrected chi connectivity index (χ4v) is 1.33. The van der Waals surface area contributed by atoms with Crippen molar-refractivity contribution in [2.24, 2.45) is 0 Å². The lowest BCUT2D eigenvalue weighted by Gasteiger charge is -1.97. The van der Waals surface area contributed by atoms with E-state index in [1.165, 1.54) is 5.46 Å². The highest BCUT2D eigenvalue weighted by molar-refractivity contribution is 6.32. The Balaban J connectivity index is 2.51. The van der Waals surface area contributed by atoms with Crippen LogP contribution in [0.4, 0.5) is 5.69 Å². The molecule has 0 spiro atoms. The van der Waals surface area contributed by atoms with Gasteiger partial charge in [0, 0.05) is 5.69 Å². The zero-order valence-corrected chi connectivity index (χ0v) is 6.35. The lowest BCUT2D eigenvalue weighted by atomic mass is 9.94. The molecule has 0 atom stereocenters. The van der Waals surface area contributed by atoms with Gasteiger partial charge in [-0.05, 0) is 11.6 Å². The van der Waals surface area contributed by atoms with Gasteiger partial charge in [-0.2, -0.15) is 0 Å². The van der Waals surface area contributed by atoms with Crippen LogP contribution >= 0.6 is 0 Å². The summed E-state index contributed by atoms with van der Waals surface area (Å²) in [7, 11) is 2.02. The number of carbonyl (C=O) groups excluding carboxylic acids is 1. The fraction of sp³-hybridized carbons (Fsp3) is 0.125. The Morgan fingerprint density at radius 2 is 2.27 bits per heavy atom. The van der Waals surface area contributed by atoms with Crippen molar-refractivity contribution in [3.63, 3.8) is 0 Å². The van der Waals surface area contributed by atoms with Crippen molar-refractivity contribution in [2.75, 3.05) is 5.32 Å². The summed E-state index contributed by atoms with van der Waals surface area (Å²) >= 11 is 0. The highest BCUT2D eigenvalue weighted by Crippen LogP contribution is 2.20. The van der Waals surface area contributed by atoms with Crippen molar-refractivity contribution in [2.45, 2.75) is 6.42 Å². The smallest absolute Gasteiger partial charge is 0.228 e. The van der Waals surface area contributed by atoms with E-state index in [4.69, 9.17) is 0 Å². The first-order valence-corrected chi connectivity index (χ1v) is 3.65. The summed E-state index contributed by atoms with van der Waals surface area (Å²) in [5.74, 6) is 0.102. The largest absolute Gasteiger partial charge is 0.326 e. The van der Waals surface area contributed by atoms with E-state index in [9.17, 15) is 4.79 Å². The van der Waals surface area contributed by atoms with E-state index in [1.807, 2.05) is 26.0 Å². The molecule has 2 nitrogen and oxygen atoms in total. The monoisotopic (exact) mass is 145 g/mol. The first-order valence-electron chi connectivity index (χ1n) is 3.65. The first-order chi connectivity index (χ1) is 5.25. The van der Waals surface area contributed by atoms with Gasteiger partial charge in [-0.3, -0.25) is 4.79 Å². The zero-order valence-electron chi connectivity index (χ0n) is 6.35. The zero-order chi connectivity index (χ0) is 7.84. The number of nitrogens with one attached hydrogen (secondary N) is 1. The minimum Gasteiger partial charge on any atom is -0.326 e. The van der Waals surface area contributed by atoms with Crippen LogP contribution in [-0.4, -0.2) is 13.8 Å². The Bertz CT molecular complexity index is 322. The Morgan fingerprint density at radius 3 is 3.09 bits per heavy atom. The standard InChI is InChI=1S/C8H8BNO/c9-6-2-1-5-3-8(11)10-7(5)4-6/h1-2,4H,3,9H2,(H,10,11). The second kappa shape index (κ2) is 2.12. The van der Waals surface area contributed by atoms with Crippen molar-refractivity contribution >= 4 is 24.9 Å². The van der Waals surface area contributed by atoms with E-state index < -0.39 is 0 Å². The van der Waals surface area contributed by atoms with Gasteiger partial charge in [-0.1, -0.05) is 17.6 Å². The van der Waals surface area contributed by atoms with Gasteiger partial charge >= 0.3 is 0 Å². The lowest BCUT2D eigenvalue weighted by molar-refractivity contribution is -0.115. The number of hydrogen-bond acceptors (Lipinski definition) is 1. The van der Waals surface area contributed by atoms with Gasteiger partial charge in [0.2, 0.25) is 5.91 Å². The van der Waals surface area contributed by atoms with E-state index in [-0.39, 0.29) is 5.91 Å². The Morgan fingerprint density at radius 1 is 1.45 bits per heavy atom. The molecule has 1 N–H and O–H groups in total. The van der Waals surface area contributed by atoms with Crippen LogP contribution in [0, 0.1) is 0 Å². The molecule has 0 bridgehead atoms. The molecular formula is C8H8BNO. The first kappa shape index (κ1) is 6.46. The van der Waals surface area contributed by atoms with Crippen molar-refractivity contribution in [1.82, 2.24) is 0 Å².